The van der Waals surface area contributed by atoms with E-state index in [4.69, 9.17) is 4.52 Å². The molecule has 1 amide bonds. The van der Waals surface area contributed by atoms with E-state index in [0.29, 0.717) is 28.8 Å². The monoisotopic (exact) mass is 407 g/mol. The summed E-state index contributed by atoms with van der Waals surface area (Å²) in [6.45, 7) is 3.26. The highest BCUT2D eigenvalue weighted by Gasteiger charge is 2.19. The maximum Gasteiger partial charge on any atom is 0.261 e. The lowest BCUT2D eigenvalue weighted by atomic mass is 10.2. The van der Waals surface area contributed by atoms with Crippen LogP contribution in [0.2, 0.25) is 0 Å². The Balaban J connectivity index is 1.74. The van der Waals surface area contributed by atoms with Gasteiger partial charge in [0, 0.05) is 11.4 Å². The van der Waals surface area contributed by atoms with Crippen LogP contribution in [-0.4, -0.2) is 19.5 Å². The Labute approximate surface area is 159 Å². The second-order valence-electron chi connectivity index (χ2n) is 5.91. The van der Waals surface area contributed by atoms with Crippen LogP contribution in [-0.2, 0) is 10.0 Å². The van der Waals surface area contributed by atoms with Gasteiger partial charge in [0.1, 0.15) is 11.3 Å². The first-order valence-corrected chi connectivity index (χ1v) is 9.48. The Morgan fingerprint density at radius 2 is 1.64 bits per heavy atom. The summed E-state index contributed by atoms with van der Waals surface area (Å²) in [6.07, 6.45) is 0. The van der Waals surface area contributed by atoms with Crippen LogP contribution in [0.1, 0.15) is 21.8 Å². The molecule has 10 heteroatoms. The Bertz CT molecular complexity index is 1120. The second-order valence-corrected chi connectivity index (χ2v) is 7.59. The van der Waals surface area contributed by atoms with E-state index >= 15 is 0 Å². The lowest BCUT2D eigenvalue weighted by Crippen LogP contribution is -2.15. The smallest absolute Gasteiger partial charge is 0.261 e. The highest BCUT2D eigenvalue weighted by atomic mass is 32.2. The van der Waals surface area contributed by atoms with Crippen LogP contribution < -0.4 is 10.0 Å². The summed E-state index contributed by atoms with van der Waals surface area (Å²) in [7, 11) is -4.10. The van der Waals surface area contributed by atoms with Crippen molar-refractivity contribution in [2.45, 2.75) is 18.7 Å². The van der Waals surface area contributed by atoms with E-state index in [1.165, 1.54) is 24.3 Å². The number of rotatable bonds is 5. The van der Waals surface area contributed by atoms with Gasteiger partial charge in [0.25, 0.3) is 15.9 Å². The molecular weight excluding hydrogens is 392 g/mol. The zero-order valence-corrected chi connectivity index (χ0v) is 15.6. The summed E-state index contributed by atoms with van der Waals surface area (Å²) in [6, 6.07) is 8.09. The van der Waals surface area contributed by atoms with Crippen molar-refractivity contribution in [3.05, 3.63) is 71.1 Å². The van der Waals surface area contributed by atoms with Gasteiger partial charge in [-0.05, 0) is 56.3 Å². The van der Waals surface area contributed by atoms with Gasteiger partial charge in [0.05, 0.1) is 10.6 Å². The van der Waals surface area contributed by atoms with E-state index in [1.54, 1.807) is 13.8 Å². The van der Waals surface area contributed by atoms with Crippen molar-refractivity contribution in [2.75, 3.05) is 10.0 Å². The summed E-state index contributed by atoms with van der Waals surface area (Å²) in [5.74, 6) is -2.44. The largest absolute Gasteiger partial charge is 0.361 e. The standard InChI is InChI=1S/C18H15F2N3O4S/c1-10-17(11(2)27-22-10)18(24)21-12-3-5-13(6-4-12)23-28(25,26)14-7-8-15(19)16(20)9-14/h3-9,23H,1-2H3,(H,21,24). The maximum atomic E-state index is 13.3. The van der Waals surface area contributed by atoms with Gasteiger partial charge in [-0.25, -0.2) is 17.2 Å². The molecule has 0 aliphatic carbocycles. The summed E-state index contributed by atoms with van der Waals surface area (Å²) in [5, 5.41) is 6.36. The number of nitrogens with zero attached hydrogens (tertiary/aromatic N) is 1. The number of hydrogen-bond donors (Lipinski definition) is 2. The molecule has 0 radical (unpaired) electrons. The highest BCUT2D eigenvalue weighted by molar-refractivity contribution is 7.92. The van der Waals surface area contributed by atoms with Gasteiger partial charge in [-0.2, -0.15) is 0 Å². The van der Waals surface area contributed by atoms with Crippen LogP contribution in [0.5, 0.6) is 0 Å². The molecule has 2 N–H and O–H groups in total. The fourth-order valence-corrected chi connectivity index (χ4v) is 3.55. The number of anilines is 2. The predicted octanol–water partition coefficient (Wildman–Crippen LogP) is 3.62. The fourth-order valence-electron chi connectivity index (χ4n) is 2.48. The molecule has 0 unspecified atom stereocenters. The van der Waals surface area contributed by atoms with Crippen molar-refractivity contribution in [1.29, 1.82) is 0 Å². The average Bonchev–Trinajstić information content (AvgIpc) is 2.97. The minimum Gasteiger partial charge on any atom is -0.361 e. The Hall–Kier alpha value is -3.27. The number of hydrogen-bond acceptors (Lipinski definition) is 5. The SMILES string of the molecule is Cc1noc(C)c1C(=O)Nc1ccc(NS(=O)(=O)c2ccc(F)c(F)c2)cc1. The van der Waals surface area contributed by atoms with Gasteiger partial charge in [0.15, 0.2) is 11.6 Å². The number of nitrogens with one attached hydrogen (secondary N) is 2. The van der Waals surface area contributed by atoms with E-state index in [2.05, 4.69) is 15.2 Å². The quantitative estimate of drug-likeness (QED) is 0.673. The van der Waals surface area contributed by atoms with Gasteiger partial charge in [-0.3, -0.25) is 9.52 Å². The van der Waals surface area contributed by atoms with E-state index in [0.717, 1.165) is 12.1 Å². The third-order valence-corrected chi connectivity index (χ3v) is 5.24. The topological polar surface area (TPSA) is 101 Å². The number of carbonyl (C=O) groups is 1. The van der Waals surface area contributed by atoms with Crippen LogP contribution in [0.15, 0.2) is 51.9 Å². The molecular formula is C18H15F2N3O4S. The van der Waals surface area contributed by atoms with Gasteiger partial charge in [-0.15, -0.1) is 0 Å². The normalized spacial score (nSPS) is 11.3. The first-order chi connectivity index (χ1) is 13.2. The molecule has 1 aromatic heterocycles. The summed E-state index contributed by atoms with van der Waals surface area (Å²) in [5.41, 5.74) is 1.37. The summed E-state index contributed by atoms with van der Waals surface area (Å²) in [4.78, 5) is 11.9. The molecule has 146 valence electrons. The second kappa shape index (κ2) is 7.39. The molecule has 0 aliphatic rings. The van der Waals surface area contributed by atoms with E-state index < -0.39 is 32.5 Å². The molecule has 2 aromatic carbocycles. The van der Waals surface area contributed by atoms with Crippen LogP contribution in [0, 0.1) is 25.5 Å². The molecule has 0 saturated carbocycles. The number of benzene rings is 2. The van der Waals surface area contributed by atoms with E-state index in [9.17, 15) is 22.0 Å². The van der Waals surface area contributed by atoms with Crippen molar-refractivity contribution in [3.8, 4) is 0 Å². The van der Waals surface area contributed by atoms with Crippen molar-refractivity contribution >= 4 is 27.3 Å². The number of amides is 1. The van der Waals surface area contributed by atoms with Gasteiger partial charge in [0.2, 0.25) is 0 Å². The molecule has 0 fully saturated rings. The first kappa shape index (κ1) is 19.5. The molecule has 0 saturated heterocycles. The van der Waals surface area contributed by atoms with Crippen molar-refractivity contribution < 1.29 is 26.5 Å². The number of aryl methyl sites for hydroxylation is 2. The van der Waals surface area contributed by atoms with Crippen molar-refractivity contribution in [1.82, 2.24) is 5.16 Å². The number of halogens is 2. The minimum atomic E-state index is -4.10. The predicted molar refractivity (Wildman–Crippen MR) is 97.5 cm³/mol. The number of sulfonamides is 1. The molecule has 28 heavy (non-hydrogen) atoms. The number of aromatic nitrogens is 1. The number of carbonyl (C=O) groups excluding carboxylic acids is 1. The lowest BCUT2D eigenvalue weighted by Gasteiger charge is -2.10. The highest BCUT2D eigenvalue weighted by Crippen LogP contribution is 2.21. The molecule has 0 atom stereocenters. The van der Waals surface area contributed by atoms with Gasteiger partial charge >= 0.3 is 0 Å². The summed E-state index contributed by atoms with van der Waals surface area (Å²) < 4.78 is 58.0. The third kappa shape index (κ3) is 4.01. The Morgan fingerprint density at radius 3 is 2.21 bits per heavy atom. The van der Waals surface area contributed by atoms with Crippen LogP contribution >= 0.6 is 0 Å². The van der Waals surface area contributed by atoms with Gasteiger partial charge < -0.3 is 9.84 Å². The molecule has 0 spiro atoms. The van der Waals surface area contributed by atoms with Crippen LogP contribution in [0.4, 0.5) is 20.2 Å². The third-order valence-electron chi connectivity index (χ3n) is 3.86. The molecule has 1 heterocycles. The Kier molecular flexibility index (Phi) is 5.14. The van der Waals surface area contributed by atoms with Crippen molar-refractivity contribution in [3.63, 3.8) is 0 Å². The first-order valence-electron chi connectivity index (χ1n) is 7.99. The zero-order chi connectivity index (χ0) is 20.5. The fraction of sp³-hybridized carbons (Fsp3) is 0.111. The lowest BCUT2D eigenvalue weighted by molar-refractivity contribution is 0.102. The van der Waals surface area contributed by atoms with Crippen LogP contribution in [0.3, 0.4) is 0 Å². The average molecular weight is 407 g/mol. The molecule has 7 nitrogen and oxygen atoms in total. The molecule has 3 aromatic rings. The molecule has 0 bridgehead atoms. The van der Waals surface area contributed by atoms with Gasteiger partial charge in [-0.1, -0.05) is 5.16 Å². The van der Waals surface area contributed by atoms with Crippen molar-refractivity contribution in [2.24, 2.45) is 0 Å². The summed E-state index contributed by atoms with van der Waals surface area (Å²) >= 11 is 0. The minimum absolute atomic E-state index is 0.181. The molecule has 0 aliphatic heterocycles. The maximum absolute atomic E-state index is 13.3. The molecule has 3 rings (SSSR count). The van der Waals surface area contributed by atoms with E-state index in [1.807, 2.05) is 0 Å². The van der Waals surface area contributed by atoms with Crippen LogP contribution in [0.25, 0.3) is 0 Å². The zero-order valence-electron chi connectivity index (χ0n) is 14.8. The Morgan fingerprint density at radius 1 is 1.00 bits per heavy atom. The van der Waals surface area contributed by atoms with E-state index in [-0.39, 0.29) is 5.69 Å².